The van der Waals surface area contributed by atoms with Crippen molar-refractivity contribution in [1.29, 1.82) is 0 Å². The van der Waals surface area contributed by atoms with Gasteiger partial charge >= 0.3 is 10.2 Å². The van der Waals surface area contributed by atoms with Crippen LogP contribution < -0.4 is 0 Å². The molecule has 5 heteroatoms. The Hall–Kier alpha value is -0.170. The SMILES string of the molecule is O=S(=O)(F)Cc1cccc(I)c1. The van der Waals surface area contributed by atoms with Crippen LogP contribution in [0.1, 0.15) is 5.56 Å². The summed E-state index contributed by atoms with van der Waals surface area (Å²) in [5.74, 6) is -0.538. The average molecular weight is 300 g/mol. The Balaban J connectivity index is 2.91. The molecule has 0 heterocycles. The maximum atomic E-state index is 12.2. The van der Waals surface area contributed by atoms with Crippen molar-refractivity contribution in [3.8, 4) is 0 Å². The van der Waals surface area contributed by atoms with E-state index < -0.39 is 16.0 Å². The van der Waals surface area contributed by atoms with E-state index in [-0.39, 0.29) is 0 Å². The molecular formula is C7H6FIO2S. The highest BCUT2D eigenvalue weighted by molar-refractivity contribution is 14.1. The summed E-state index contributed by atoms with van der Waals surface area (Å²) in [5, 5.41) is 0. The van der Waals surface area contributed by atoms with Gasteiger partial charge in [0.15, 0.2) is 0 Å². The second-order valence-electron chi connectivity index (χ2n) is 2.31. The molecule has 1 aromatic rings. The van der Waals surface area contributed by atoms with Gasteiger partial charge in [-0.3, -0.25) is 0 Å². The van der Waals surface area contributed by atoms with Crippen molar-refractivity contribution in [3.05, 3.63) is 33.4 Å². The molecule has 12 heavy (non-hydrogen) atoms. The molecule has 0 bridgehead atoms. The maximum absolute atomic E-state index is 12.2. The molecule has 0 unspecified atom stereocenters. The molecule has 0 aromatic heterocycles. The molecule has 0 aliphatic carbocycles. The van der Waals surface area contributed by atoms with E-state index in [9.17, 15) is 12.3 Å². The molecule has 0 aliphatic heterocycles. The molecule has 0 saturated carbocycles. The molecular weight excluding hydrogens is 294 g/mol. The van der Waals surface area contributed by atoms with Gasteiger partial charge in [-0.1, -0.05) is 12.1 Å². The summed E-state index contributed by atoms with van der Waals surface area (Å²) in [6.07, 6.45) is 0. The van der Waals surface area contributed by atoms with Crippen molar-refractivity contribution in [2.24, 2.45) is 0 Å². The van der Waals surface area contributed by atoms with Crippen molar-refractivity contribution in [2.45, 2.75) is 5.75 Å². The lowest BCUT2D eigenvalue weighted by Gasteiger charge is -1.96. The van der Waals surface area contributed by atoms with Crippen LogP contribution in [-0.4, -0.2) is 8.42 Å². The molecule has 0 amide bonds. The van der Waals surface area contributed by atoms with Crippen LogP contribution in [0.5, 0.6) is 0 Å². The standard InChI is InChI=1S/C7H6FIO2S/c8-12(10,11)5-6-2-1-3-7(9)4-6/h1-4H,5H2. The van der Waals surface area contributed by atoms with E-state index >= 15 is 0 Å². The minimum absolute atomic E-state index is 0.476. The van der Waals surface area contributed by atoms with Crippen molar-refractivity contribution < 1.29 is 12.3 Å². The number of hydrogen-bond acceptors (Lipinski definition) is 2. The lowest BCUT2D eigenvalue weighted by molar-refractivity contribution is 0.551. The van der Waals surface area contributed by atoms with E-state index in [1.807, 2.05) is 28.7 Å². The third-order valence-electron chi connectivity index (χ3n) is 1.23. The zero-order valence-electron chi connectivity index (χ0n) is 6.00. The second kappa shape index (κ2) is 3.69. The molecule has 2 nitrogen and oxygen atoms in total. The first-order valence-electron chi connectivity index (χ1n) is 3.14. The highest BCUT2D eigenvalue weighted by Gasteiger charge is 2.08. The highest BCUT2D eigenvalue weighted by atomic mass is 127. The number of benzene rings is 1. The van der Waals surface area contributed by atoms with Crippen LogP contribution >= 0.6 is 22.6 Å². The molecule has 0 atom stereocenters. The van der Waals surface area contributed by atoms with Gasteiger partial charge in [-0.05, 0) is 40.3 Å². The first kappa shape index (κ1) is 9.91. The van der Waals surface area contributed by atoms with Crippen LogP contribution in [0.2, 0.25) is 0 Å². The lowest BCUT2D eigenvalue weighted by Crippen LogP contribution is -1.95. The van der Waals surface area contributed by atoms with Gasteiger partial charge < -0.3 is 0 Å². The summed E-state index contributed by atoms with van der Waals surface area (Å²) in [5.41, 5.74) is 0.476. The average Bonchev–Trinajstić information content (AvgIpc) is 1.82. The molecule has 1 aromatic carbocycles. The zero-order chi connectivity index (χ0) is 9.19. The molecule has 0 aliphatic rings. The van der Waals surface area contributed by atoms with Crippen molar-refractivity contribution in [1.82, 2.24) is 0 Å². The summed E-state index contributed by atoms with van der Waals surface area (Å²) in [7, 11) is -4.40. The molecule has 0 fully saturated rings. The van der Waals surface area contributed by atoms with E-state index in [0.29, 0.717) is 5.56 Å². The van der Waals surface area contributed by atoms with Gasteiger partial charge in [0.05, 0.1) is 0 Å². The molecule has 0 radical (unpaired) electrons. The monoisotopic (exact) mass is 300 g/mol. The Bertz CT molecular complexity index is 375. The first-order valence-corrected chi connectivity index (χ1v) is 5.77. The zero-order valence-corrected chi connectivity index (χ0v) is 8.97. The van der Waals surface area contributed by atoms with E-state index in [4.69, 9.17) is 0 Å². The van der Waals surface area contributed by atoms with Gasteiger partial charge in [0, 0.05) is 3.57 Å². The third-order valence-corrected chi connectivity index (χ3v) is 2.58. The Morgan fingerprint density at radius 1 is 1.42 bits per heavy atom. The Morgan fingerprint density at radius 3 is 2.58 bits per heavy atom. The fourth-order valence-electron chi connectivity index (χ4n) is 0.826. The van der Waals surface area contributed by atoms with Crippen LogP contribution in [0.25, 0.3) is 0 Å². The summed E-state index contributed by atoms with van der Waals surface area (Å²) in [4.78, 5) is 0. The highest BCUT2D eigenvalue weighted by Crippen LogP contribution is 2.11. The van der Waals surface area contributed by atoms with Gasteiger partial charge in [-0.2, -0.15) is 8.42 Å². The van der Waals surface area contributed by atoms with Gasteiger partial charge in [0.25, 0.3) is 0 Å². The van der Waals surface area contributed by atoms with Gasteiger partial charge in [-0.25, -0.2) is 0 Å². The predicted molar refractivity (Wildman–Crippen MR) is 52.9 cm³/mol. The summed E-state index contributed by atoms with van der Waals surface area (Å²) in [6, 6.07) is 6.73. The largest absolute Gasteiger partial charge is 0.306 e. The van der Waals surface area contributed by atoms with E-state index in [1.165, 1.54) is 0 Å². The van der Waals surface area contributed by atoms with Gasteiger partial charge in [0.1, 0.15) is 5.75 Å². The Kier molecular flexibility index (Phi) is 3.05. The van der Waals surface area contributed by atoms with Gasteiger partial charge in [0.2, 0.25) is 0 Å². The topological polar surface area (TPSA) is 34.1 Å². The normalized spacial score (nSPS) is 11.5. The number of rotatable bonds is 2. The van der Waals surface area contributed by atoms with Gasteiger partial charge in [-0.15, -0.1) is 3.89 Å². The lowest BCUT2D eigenvalue weighted by atomic mass is 10.2. The number of hydrogen-bond donors (Lipinski definition) is 0. The van der Waals surface area contributed by atoms with Crippen molar-refractivity contribution >= 4 is 32.8 Å². The third kappa shape index (κ3) is 3.48. The second-order valence-corrected chi connectivity index (χ2v) is 4.93. The number of halogens is 2. The summed E-state index contributed by atoms with van der Waals surface area (Å²) in [6.45, 7) is 0. The summed E-state index contributed by atoms with van der Waals surface area (Å²) >= 11 is 2.04. The fraction of sp³-hybridized carbons (Fsp3) is 0.143. The molecule has 66 valence electrons. The van der Waals surface area contributed by atoms with Crippen molar-refractivity contribution in [2.75, 3.05) is 0 Å². The van der Waals surface area contributed by atoms with Crippen LogP contribution in [0.15, 0.2) is 24.3 Å². The van der Waals surface area contributed by atoms with Crippen LogP contribution in [0.3, 0.4) is 0 Å². The van der Waals surface area contributed by atoms with E-state index in [0.717, 1.165) is 3.57 Å². The van der Waals surface area contributed by atoms with E-state index in [1.54, 1.807) is 18.2 Å². The first-order chi connectivity index (χ1) is 5.47. The molecule has 1 rings (SSSR count). The molecule has 0 saturated heterocycles. The smallest absolute Gasteiger partial charge is 0.194 e. The van der Waals surface area contributed by atoms with Crippen LogP contribution in [0.4, 0.5) is 3.89 Å². The maximum Gasteiger partial charge on any atom is 0.306 e. The minimum atomic E-state index is -4.40. The Labute approximate surface area is 84.1 Å². The van der Waals surface area contributed by atoms with Crippen molar-refractivity contribution in [3.63, 3.8) is 0 Å². The van der Waals surface area contributed by atoms with Crippen LogP contribution in [-0.2, 0) is 16.0 Å². The van der Waals surface area contributed by atoms with E-state index in [2.05, 4.69) is 0 Å². The van der Waals surface area contributed by atoms with Crippen LogP contribution in [0, 0.1) is 3.57 Å². The molecule has 0 N–H and O–H groups in total. The minimum Gasteiger partial charge on any atom is -0.194 e. The summed E-state index contributed by atoms with van der Waals surface area (Å²) < 4.78 is 33.6. The fourth-order valence-corrected chi connectivity index (χ4v) is 2.01. The predicted octanol–water partition coefficient (Wildman–Crippen LogP) is 2.09. The molecule has 0 spiro atoms. The quantitative estimate of drug-likeness (QED) is 0.619. The Morgan fingerprint density at radius 2 is 2.08 bits per heavy atom.